The van der Waals surface area contributed by atoms with Crippen molar-refractivity contribution in [3.63, 3.8) is 0 Å². The fourth-order valence-corrected chi connectivity index (χ4v) is 5.28. The van der Waals surface area contributed by atoms with E-state index in [0.29, 0.717) is 5.92 Å². The Morgan fingerprint density at radius 3 is 2.28 bits per heavy atom. The summed E-state index contributed by atoms with van der Waals surface area (Å²) in [5, 5.41) is 0. The maximum absolute atomic E-state index is 5.05. The SMILES string of the molecule is C=C(CC)OC.C=Cc1c(C)c2cc3nc(c(C)c4nc(cc5[nH]c(cc1[nH]2)c(C)c5CC)C(C)=C4)CC3C. The Balaban J connectivity index is 0.000000531. The first kappa shape index (κ1) is 28.2. The van der Waals surface area contributed by atoms with E-state index in [1.807, 2.05) is 13.0 Å². The summed E-state index contributed by atoms with van der Waals surface area (Å²) in [6.07, 6.45) is 6.96. The average Bonchev–Trinajstić information content (AvgIpc) is 3.64. The summed E-state index contributed by atoms with van der Waals surface area (Å²) in [6.45, 7) is 22.8. The van der Waals surface area contributed by atoms with Crippen molar-refractivity contribution in [1.29, 1.82) is 0 Å². The molecule has 2 aliphatic rings. The first-order valence-electron chi connectivity index (χ1n) is 13.9. The van der Waals surface area contributed by atoms with Gasteiger partial charge in [0.15, 0.2) is 0 Å². The number of nitrogens with zero attached hydrogens (tertiary/aromatic N) is 2. The van der Waals surface area contributed by atoms with E-state index in [9.17, 15) is 0 Å². The molecule has 1 unspecified atom stereocenters. The smallest absolute Gasteiger partial charge is 0.0881 e. The number of aryl methyl sites for hydroxylation is 3. The van der Waals surface area contributed by atoms with Crippen LogP contribution in [0.25, 0.3) is 39.8 Å². The van der Waals surface area contributed by atoms with Crippen LogP contribution < -0.4 is 0 Å². The molecule has 5 heterocycles. The molecule has 0 amide bonds. The van der Waals surface area contributed by atoms with E-state index in [0.717, 1.165) is 75.4 Å². The molecule has 0 spiro atoms. The van der Waals surface area contributed by atoms with Crippen LogP contribution in [-0.2, 0) is 17.6 Å². The molecule has 0 radical (unpaired) electrons. The van der Waals surface area contributed by atoms with Crippen LogP contribution in [0.2, 0.25) is 0 Å². The molecular weight excluding hydrogens is 480 g/mol. The summed E-state index contributed by atoms with van der Waals surface area (Å²) >= 11 is 0. The zero-order valence-corrected chi connectivity index (χ0v) is 24.8. The Hall–Kier alpha value is -3.86. The van der Waals surface area contributed by atoms with Crippen molar-refractivity contribution in [1.82, 2.24) is 19.9 Å². The quantitative estimate of drug-likeness (QED) is 0.336. The summed E-state index contributed by atoms with van der Waals surface area (Å²) in [7, 11) is 1.63. The minimum Gasteiger partial charge on any atom is -0.502 e. The zero-order valence-electron chi connectivity index (χ0n) is 24.8. The number of methoxy groups -OCH3 is 1. The van der Waals surface area contributed by atoms with E-state index in [-0.39, 0.29) is 0 Å². The third-order valence-electron chi connectivity index (χ3n) is 8.01. The van der Waals surface area contributed by atoms with Crippen LogP contribution in [-0.4, -0.2) is 27.0 Å². The fourth-order valence-electron chi connectivity index (χ4n) is 5.28. The monoisotopic (exact) mass is 522 g/mol. The fraction of sp³-hybridized carbons (Fsp3) is 0.353. The molecule has 5 heteroatoms. The van der Waals surface area contributed by atoms with Gasteiger partial charge in [0.25, 0.3) is 0 Å². The van der Waals surface area contributed by atoms with Gasteiger partial charge in [0, 0.05) is 51.4 Å². The number of aromatic amines is 2. The third-order valence-corrected chi connectivity index (χ3v) is 8.01. The summed E-state index contributed by atoms with van der Waals surface area (Å²) in [6, 6.07) is 6.63. The van der Waals surface area contributed by atoms with Crippen molar-refractivity contribution in [3.8, 4) is 0 Å². The van der Waals surface area contributed by atoms with Crippen LogP contribution in [0.1, 0.15) is 90.6 Å². The van der Waals surface area contributed by atoms with E-state index in [1.165, 1.54) is 27.8 Å². The molecule has 2 aliphatic heterocycles. The van der Waals surface area contributed by atoms with Gasteiger partial charge in [-0.05, 0) is 92.6 Å². The van der Waals surface area contributed by atoms with Gasteiger partial charge in [-0.15, -0.1) is 0 Å². The lowest BCUT2D eigenvalue weighted by molar-refractivity contribution is 0.283. The Labute approximate surface area is 232 Å². The van der Waals surface area contributed by atoms with Gasteiger partial charge in [-0.3, -0.25) is 4.98 Å². The summed E-state index contributed by atoms with van der Waals surface area (Å²) in [5.74, 6) is 1.21. The number of fused-ring (bicyclic) bond motifs is 8. The molecular formula is C34H42N4O. The molecule has 0 aliphatic carbocycles. The lowest BCUT2D eigenvalue weighted by Crippen LogP contribution is -1.91. The molecule has 3 aromatic heterocycles. The molecule has 0 saturated carbocycles. The van der Waals surface area contributed by atoms with Gasteiger partial charge in [0.2, 0.25) is 0 Å². The van der Waals surface area contributed by atoms with Gasteiger partial charge in [-0.1, -0.05) is 40.0 Å². The Kier molecular flexibility index (Phi) is 8.29. The molecule has 0 saturated heterocycles. The topological polar surface area (TPSA) is 66.6 Å². The van der Waals surface area contributed by atoms with Gasteiger partial charge >= 0.3 is 0 Å². The number of aromatic nitrogens is 4. The van der Waals surface area contributed by atoms with Crippen molar-refractivity contribution in [3.05, 3.63) is 87.7 Å². The van der Waals surface area contributed by atoms with E-state index in [4.69, 9.17) is 14.7 Å². The van der Waals surface area contributed by atoms with E-state index in [2.05, 4.69) is 88.9 Å². The van der Waals surface area contributed by atoms with E-state index in [1.54, 1.807) is 7.11 Å². The van der Waals surface area contributed by atoms with Crippen molar-refractivity contribution in [2.45, 2.75) is 73.6 Å². The van der Waals surface area contributed by atoms with Crippen molar-refractivity contribution in [2.75, 3.05) is 7.11 Å². The highest BCUT2D eigenvalue weighted by atomic mass is 16.5. The second-order valence-corrected chi connectivity index (χ2v) is 10.6. The van der Waals surface area contributed by atoms with Crippen LogP contribution in [0.15, 0.2) is 37.1 Å². The van der Waals surface area contributed by atoms with Crippen molar-refractivity contribution in [2.24, 2.45) is 0 Å². The van der Waals surface area contributed by atoms with Gasteiger partial charge in [0.1, 0.15) is 0 Å². The molecule has 5 rings (SSSR count). The first-order chi connectivity index (χ1) is 18.6. The summed E-state index contributed by atoms with van der Waals surface area (Å²) < 4.78 is 4.70. The Bertz CT molecular complexity index is 1620. The van der Waals surface area contributed by atoms with Crippen LogP contribution in [0, 0.1) is 20.8 Å². The van der Waals surface area contributed by atoms with Crippen molar-refractivity contribution < 1.29 is 4.74 Å². The maximum atomic E-state index is 5.05. The van der Waals surface area contributed by atoms with Gasteiger partial charge < -0.3 is 14.7 Å². The van der Waals surface area contributed by atoms with Crippen LogP contribution in [0.5, 0.6) is 0 Å². The number of hydrogen-bond acceptors (Lipinski definition) is 3. The number of allylic oxidation sites excluding steroid dienone is 2. The lowest BCUT2D eigenvalue weighted by atomic mass is 10.0. The number of rotatable bonds is 4. The molecule has 1 atom stereocenters. The summed E-state index contributed by atoms with van der Waals surface area (Å²) in [5.41, 5.74) is 16.0. The van der Waals surface area contributed by atoms with Crippen LogP contribution >= 0.6 is 0 Å². The highest BCUT2D eigenvalue weighted by Crippen LogP contribution is 2.31. The first-order valence-corrected chi connectivity index (χ1v) is 13.9. The minimum absolute atomic E-state index is 0.370. The molecule has 2 N–H and O–H groups in total. The molecule has 39 heavy (non-hydrogen) atoms. The molecule has 204 valence electrons. The predicted molar refractivity (Wildman–Crippen MR) is 167 cm³/mol. The third kappa shape index (κ3) is 5.49. The van der Waals surface area contributed by atoms with Gasteiger partial charge in [-0.25, -0.2) is 4.98 Å². The number of H-pyrrole nitrogens is 2. The predicted octanol–water partition coefficient (Wildman–Crippen LogP) is 8.91. The number of nitrogens with one attached hydrogen (secondary N) is 2. The minimum atomic E-state index is 0.370. The Morgan fingerprint density at radius 1 is 0.974 bits per heavy atom. The van der Waals surface area contributed by atoms with Crippen LogP contribution in [0.3, 0.4) is 0 Å². The van der Waals surface area contributed by atoms with Crippen molar-refractivity contribution >= 4 is 39.8 Å². The maximum Gasteiger partial charge on any atom is 0.0881 e. The molecule has 8 bridgehead atoms. The average molecular weight is 523 g/mol. The summed E-state index contributed by atoms with van der Waals surface area (Å²) in [4.78, 5) is 17.4. The second-order valence-electron chi connectivity index (χ2n) is 10.6. The Morgan fingerprint density at radius 2 is 1.67 bits per heavy atom. The number of ether oxygens (including phenoxy) is 1. The normalized spacial score (nSPS) is 14.4. The van der Waals surface area contributed by atoms with Crippen LogP contribution in [0.4, 0.5) is 0 Å². The van der Waals surface area contributed by atoms with Gasteiger partial charge in [-0.2, -0.15) is 0 Å². The van der Waals surface area contributed by atoms with E-state index < -0.39 is 0 Å². The van der Waals surface area contributed by atoms with Gasteiger partial charge in [0.05, 0.1) is 24.3 Å². The largest absolute Gasteiger partial charge is 0.502 e. The standard InChI is InChI=1S/C29H32N4.C5H10O/c1-8-20-18(6)27-14-29-21(9-2)17(5)26(32-29)12-22-15(3)10-24(30-22)19(7)25-11-16(4)23(31-25)13-28(20)33-27;1-4-5(2)6-3/h9,11-15,32-33H,2,8,10H2,1,3-7H3;2,4H2,1,3H3. The zero-order chi connectivity index (χ0) is 28.4. The molecule has 0 fully saturated rings. The lowest BCUT2D eigenvalue weighted by Gasteiger charge is -2.00. The molecule has 5 nitrogen and oxygen atoms in total. The van der Waals surface area contributed by atoms with E-state index >= 15 is 0 Å². The highest BCUT2D eigenvalue weighted by molar-refractivity contribution is 5.86. The second kappa shape index (κ2) is 11.5. The molecule has 3 aromatic rings. The molecule has 0 aromatic carbocycles. The number of hydrogen-bond donors (Lipinski definition) is 2. The highest BCUT2D eigenvalue weighted by Gasteiger charge is 2.20.